The number of hydrogen-bond acceptors (Lipinski definition) is 3. The molecular weight excluding hydrogens is 563 g/mol. The second-order valence-corrected chi connectivity index (χ2v) is 13.0. The molecule has 3 nitrogen and oxygen atoms in total. The maximum absolute atomic E-state index is 13.3. The molecule has 0 N–H and O–H groups in total. The van der Waals surface area contributed by atoms with E-state index in [0.717, 1.165) is 12.1 Å². The molecule has 0 aliphatic heterocycles. The molecule has 0 heterocycles. The summed E-state index contributed by atoms with van der Waals surface area (Å²) in [4.78, 5) is -0.919. The van der Waals surface area contributed by atoms with Crippen LogP contribution in [0.5, 0.6) is 0 Å². The summed E-state index contributed by atoms with van der Waals surface area (Å²) in [6.45, 7) is 0. The van der Waals surface area contributed by atoms with Gasteiger partial charge in [0.05, 0.1) is 0 Å². The zero-order chi connectivity index (χ0) is 21.2. The predicted molar refractivity (Wildman–Crippen MR) is 114 cm³/mol. The Morgan fingerprint density at radius 2 is 1.21 bits per heavy atom. The molecule has 3 aromatic rings. The van der Waals surface area contributed by atoms with Gasteiger partial charge in [-0.2, -0.15) is 0 Å². The van der Waals surface area contributed by atoms with E-state index in [1.807, 2.05) is 0 Å². The molecule has 29 heavy (non-hydrogen) atoms. The van der Waals surface area contributed by atoms with Crippen LogP contribution in [0.2, 0.25) is 10.0 Å². The first-order valence-electron chi connectivity index (χ1n) is 7.90. The van der Waals surface area contributed by atoms with E-state index in [2.05, 4.69) is 0 Å². The van der Waals surface area contributed by atoms with Crippen LogP contribution in [0.25, 0.3) is 0 Å². The Morgan fingerprint density at radius 1 is 0.759 bits per heavy atom. The van der Waals surface area contributed by atoms with Gasteiger partial charge in [-0.25, -0.2) is 0 Å². The maximum atomic E-state index is 13.3. The molecule has 0 aliphatic rings. The first-order chi connectivity index (χ1) is 13.6. The van der Waals surface area contributed by atoms with Crippen molar-refractivity contribution < 1.29 is 24.1 Å². The average Bonchev–Trinajstić information content (AvgIpc) is 2.67. The topological polar surface area (TPSA) is 43.4 Å². The third kappa shape index (κ3) is 5.43. The third-order valence-electron chi connectivity index (χ3n) is 3.61. The Morgan fingerprint density at radius 3 is 1.66 bits per heavy atom. The van der Waals surface area contributed by atoms with E-state index in [4.69, 9.17) is 25.7 Å². The summed E-state index contributed by atoms with van der Waals surface area (Å²) < 4.78 is 72.2. The summed E-state index contributed by atoms with van der Waals surface area (Å²) in [5.41, 5.74) is -1.27. The van der Waals surface area contributed by atoms with Crippen LogP contribution in [0, 0.1) is 7.14 Å². The van der Waals surface area contributed by atoms with Gasteiger partial charge in [-0.05, 0) is 0 Å². The molecule has 0 aliphatic carbocycles. The van der Waals surface area contributed by atoms with Crippen molar-refractivity contribution in [3.05, 3.63) is 95.5 Å². The zero-order valence-electron chi connectivity index (χ0n) is 14.3. The Bertz CT molecular complexity index is 1060. The van der Waals surface area contributed by atoms with Gasteiger partial charge >= 0.3 is 184 Å². The van der Waals surface area contributed by atoms with Crippen molar-refractivity contribution in [2.75, 3.05) is 0 Å². The molecule has 0 saturated heterocycles. The van der Waals surface area contributed by atoms with Crippen LogP contribution in [-0.4, -0.2) is 8.42 Å². The standard InChI is InChI=1S/C19H12Cl2F3IO3S/c20-13-5-9-15(10-6-13)25(16-11-7-14(21)8-12-16)28-29(26,27)18-4-2-1-3-17(18)19(22,23)24/h1-12H. The van der Waals surface area contributed by atoms with Gasteiger partial charge in [0, 0.05) is 0 Å². The van der Waals surface area contributed by atoms with Gasteiger partial charge < -0.3 is 0 Å². The van der Waals surface area contributed by atoms with Gasteiger partial charge in [0.25, 0.3) is 0 Å². The molecule has 0 fully saturated rings. The fourth-order valence-electron chi connectivity index (χ4n) is 2.32. The molecule has 10 heteroatoms. The van der Waals surface area contributed by atoms with Crippen LogP contribution in [-0.2, 0) is 18.8 Å². The van der Waals surface area contributed by atoms with Crippen LogP contribution >= 0.6 is 43.4 Å². The Balaban J connectivity index is 2.08. The van der Waals surface area contributed by atoms with Crippen molar-refractivity contribution in [3.63, 3.8) is 0 Å². The Labute approximate surface area is 183 Å². The summed E-state index contributed by atoms with van der Waals surface area (Å²) in [6.07, 6.45) is -4.84. The quantitative estimate of drug-likeness (QED) is 0.312. The van der Waals surface area contributed by atoms with Crippen molar-refractivity contribution in [3.8, 4) is 0 Å². The molecule has 0 bridgehead atoms. The molecule has 3 rings (SSSR count). The minimum absolute atomic E-state index is 0.436. The molecule has 0 atom stereocenters. The number of halogens is 6. The number of rotatable bonds is 5. The second kappa shape index (κ2) is 8.81. The molecule has 154 valence electrons. The number of alkyl halides is 3. The number of hydrogen-bond donors (Lipinski definition) is 0. The molecule has 0 aromatic heterocycles. The molecule has 0 radical (unpaired) electrons. The van der Waals surface area contributed by atoms with Crippen LogP contribution in [0.1, 0.15) is 5.56 Å². The van der Waals surface area contributed by atoms with Crippen molar-refractivity contribution in [2.45, 2.75) is 11.1 Å². The summed E-state index contributed by atoms with van der Waals surface area (Å²) in [5.74, 6) is 0. The van der Waals surface area contributed by atoms with Crippen molar-refractivity contribution in [2.24, 2.45) is 0 Å². The monoisotopic (exact) mass is 574 g/mol. The van der Waals surface area contributed by atoms with Crippen molar-refractivity contribution >= 4 is 53.6 Å². The molecule has 0 saturated carbocycles. The van der Waals surface area contributed by atoms with Crippen molar-refractivity contribution in [1.82, 2.24) is 0 Å². The molecular formula is C19H12Cl2F3IO3S. The normalized spacial score (nSPS) is 12.7. The van der Waals surface area contributed by atoms with E-state index in [0.29, 0.717) is 23.3 Å². The van der Waals surface area contributed by atoms with Gasteiger partial charge in [-0.1, -0.05) is 0 Å². The van der Waals surface area contributed by atoms with E-state index in [-0.39, 0.29) is 0 Å². The predicted octanol–water partition coefficient (Wildman–Crippen LogP) is 6.88. The van der Waals surface area contributed by atoms with Crippen LogP contribution in [0.15, 0.2) is 77.7 Å². The molecule has 3 aromatic carbocycles. The van der Waals surface area contributed by atoms with Gasteiger partial charge in [0.2, 0.25) is 0 Å². The summed E-state index contributed by atoms with van der Waals surface area (Å²) in [5, 5.41) is 0.872. The first kappa shape index (κ1) is 22.4. The fraction of sp³-hybridized carbons (Fsp3) is 0.0526. The molecule has 0 amide bonds. The summed E-state index contributed by atoms with van der Waals surface area (Å²) in [7, 11) is -4.71. The fourth-order valence-corrected chi connectivity index (χ4v) is 9.64. The van der Waals surface area contributed by atoms with E-state index in [9.17, 15) is 21.6 Å². The van der Waals surface area contributed by atoms with Crippen molar-refractivity contribution in [1.29, 1.82) is 0 Å². The van der Waals surface area contributed by atoms with Crippen LogP contribution in [0.3, 0.4) is 0 Å². The van der Waals surface area contributed by atoms with Crippen LogP contribution in [0.4, 0.5) is 13.2 Å². The van der Waals surface area contributed by atoms with Crippen LogP contribution < -0.4 is 0 Å². The SMILES string of the molecule is O=S(=O)(OI(c1ccc(Cl)cc1)c1ccc(Cl)cc1)c1ccccc1C(F)(F)F. The summed E-state index contributed by atoms with van der Waals surface area (Å²) in [6, 6.07) is 16.6. The molecule has 0 spiro atoms. The Kier molecular flexibility index (Phi) is 6.79. The first-order valence-corrected chi connectivity index (χ1v) is 13.1. The second-order valence-electron chi connectivity index (χ2n) is 5.63. The number of benzene rings is 3. The Hall–Kier alpha value is -1.33. The van der Waals surface area contributed by atoms with Gasteiger partial charge in [0.15, 0.2) is 0 Å². The average molecular weight is 575 g/mol. The minimum atomic E-state index is -4.84. The van der Waals surface area contributed by atoms with Gasteiger partial charge in [-0.15, -0.1) is 0 Å². The van der Waals surface area contributed by atoms with Gasteiger partial charge in [0.1, 0.15) is 0 Å². The van der Waals surface area contributed by atoms with E-state index in [1.165, 1.54) is 6.07 Å². The van der Waals surface area contributed by atoms with E-state index in [1.54, 1.807) is 48.5 Å². The van der Waals surface area contributed by atoms with E-state index >= 15 is 0 Å². The third-order valence-corrected chi connectivity index (χ3v) is 11.5. The van der Waals surface area contributed by atoms with Gasteiger partial charge in [-0.3, -0.25) is 0 Å². The molecule has 0 unspecified atom stereocenters. The van der Waals surface area contributed by atoms with E-state index < -0.39 is 47.0 Å². The summed E-state index contributed by atoms with van der Waals surface area (Å²) >= 11 is 8.64. The zero-order valence-corrected chi connectivity index (χ0v) is 18.8.